The van der Waals surface area contributed by atoms with Gasteiger partial charge in [0.1, 0.15) is 0 Å². The van der Waals surface area contributed by atoms with Crippen LogP contribution in [0.1, 0.15) is 40.0 Å². The predicted molar refractivity (Wildman–Crippen MR) is 63.4 cm³/mol. The minimum Gasteiger partial charge on any atom is -0.392 e. The van der Waals surface area contributed by atoms with Crippen LogP contribution in [0.2, 0.25) is 0 Å². The molecular formula is C12H25NO3. The van der Waals surface area contributed by atoms with Gasteiger partial charge in [-0.1, -0.05) is 6.92 Å². The van der Waals surface area contributed by atoms with Crippen molar-refractivity contribution < 1.29 is 14.9 Å². The fourth-order valence-electron chi connectivity index (χ4n) is 1.79. The lowest BCUT2D eigenvalue weighted by Gasteiger charge is -2.29. The molecule has 3 N–H and O–H groups in total. The zero-order valence-corrected chi connectivity index (χ0v) is 10.6. The second-order valence-corrected chi connectivity index (χ2v) is 5.50. The van der Waals surface area contributed by atoms with Crippen LogP contribution in [0.5, 0.6) is 0 Å². The van der Waals surface area contributed by atoms with Gasteiger partial charge in [0.2, 0.25) is 0 Å². The van der Waals surface area contributed by atoms with E-state index in [4.69, 9.17) is 4.74 Å². The van der Waals surface area contributed by atoms with Crippen LogP contribution in [0.3, 0.4) is 0 Å². The van der Waals surface area contributed by atoms with Crippen molar-refractivity contribution in [2.24, 2.45) is 0 Å². The second kappa shape index (κ2) is 5.45. The Hall–Kier alpha value is -0.160. The molecule has 2 atom stereocenters. The highest BCUT2D eigenvalue weighted by atomic mass is 16.5. The van der Waals surface area contributed by atoms with Gasteiger partial charge in [0.15, 0.2) is 0 Å². The molecule has 1 aliphatic heterocycles. The molecule has 0 radical (unpaired) electrons. The van der Waals surface area contributed by atoms with Crippen LogP contribution in [-0.2, 0) is 4.74 Å². The summed E-state index contributed by atoms with van der Waals surface area (Å²) in [5, 5.41) is 23.2. The van der Waals surface area contributed by atoms with Crippen molar-refractivity contribution in [3.05, 3.63) is 0 Å². The van der Waals surface area contributed by atoms with Crippen LogP contribution in [0, 0.1) is 0 Å². The first-order valence-corrected chi connectivity index (χ1v) is 6.10. The van der Waals surface area contributed by atoms with E-state index in [2.05, 4.69) is 26.1 Å². The highest BCUT2D eigenvalue weighted by molar-refractivity contribution is 4.87. The van der Waals surface area contributed by atoms with E-state index >= 15 is 0 Å². The number of aliphatic hydroxyl groups is 2. The summed E-state index contributed by atoms with van der Waals surface area (Å²) in [6, 6.07) is 0. The van der Waals surface area contributed by atoms with Crippen LogP contribution in [0.25, 0.3) is 0 Å². The summed E-state index contributed by atoms with van der Waals surface area (Å²) < 4.78 is 5.15. The zero-order chi connectivity index (χ0) is 12.2. The number of ether oxygens (including phenoxy) is 1. The third-order valence-electron chi connectivity index (χ3n) is 3.40. The predicted octanol–water partition coefficient (Wildman–Crippen LogP) is 0.667. The number of hydrogen-bond donors (Lipinski definition) is 3. The molecule has 0 aromatic heterocycles. The molecular weight excluding hydrogens is 206 g/mol. The Labute approximate surface area is 98.0 Å². The average molecular weight is 231 g/mol. The van der Waals surface area contributed by atoms with Gasteiger partial charge in [0.05, 0.1) is 18.3 Å². The number of rotatable bonds is 6. The Morgan fingerprint density at radius 3 is 2.69 bits per heavy atom. The van der Waals surface area contributed by atoms with E-state index < -0.39 is 11.7 Å². The summed E-state index contributed by atoms with van der Waals surface area (Å²) in [6.07, 6.45) is 1.51. The lowest BCUT2D eigenvalue weighted by atomic mass is 9.94. The zero-order valence-electron chi connectivity index (χ0n) is 10.6. The van der Waals surface area contributed by atoms with E-state index in [1.807, 2.05) is 0 Å². The van der Waals surface area contributed by atoms with E-state index in [-0.39, 0.29) is 5.54 Å². The summed E-state index contributed by atoms with van der Waals surface area (Å²) in [5.74, 6) is 0. The number of hydrogen-bond acceptors (Lipinski definition) is 4. The van der Waals surface area contributed by atoms with E-state index in [1.54, 1.807) is 0 Å². The van der Waals surface area contributed by atoms with Crippen LogP contribution < -0.4 is 5.32 Å². The van der Waals surface area contributed by atoms with Crippen molar-refractivity contribution in [3.8, 4) is 0 Å². The second-order valence-electron chi connectivity index (χ2n) is 5.50. The molecule has 1 heterocycles. The van der Waals surface area contributed by atoms with Gasteiger partial charge in [0, 0.05) is 31.5 Å². The first-order valence-electron chi connectivity index (χ1n) is 6.10. The molecule has 1 fully saturated rings. The Morgan fingerprint density at radius 1 is 1.50 bits per heavy atom. The van der Waals surface area contributed by atoms with Crippen LogP contribution in [-0.4, -0.2) is 47.2 Å². The topological polar surface area (TPSA) is 61.7 Å². The highest BCUT2D eigenvalue weighted by Gasteiger charge is 2.34. The Morgan fingerprint density at radius 2 is 2.19 bits per heavy atom. The van der Waals surface area contributed by atoms with Crippen molar-refractivity contribution in [1.82, 2.24) is 5.32 Å². The molecule has 0 bridgehead atoms. The normalized spacial score (nSPS) is 28.3. The summed E-state index contributed by atoms with van der Waals surface area (Å²) in [6.45, 7) is 7.78. The fraction of sp³-hybridized carbons (Fsp3) is 1.00. The van der Waals surface area contributed by atoms with E-state index in [0.29, 0.717) is 32.6 Å². The Bertz CT molecular complexity index is 212. The molecule has 4 nitrogen and oxygen atoms in total. The summed E-state index contributed by atoms with van der Waals surface area (Å²) in [4.78, 5) is 0. The maximum atomic E-state index is 10.0. The summed E-state index contributed by atoms with van der Waals surface area (Å²) in [5.41, 5.74) is -0.784. The van der Waals surface area contributed by atoms with Gasteiger partial charge in [-0.15, -0.1) is 0 Å². The molecule has 0 spiro atoms. The van der Waals surface area contributed by atoms with Gasteiger partial charge in [-0.05, 0) is 20.3 Å². The quantitative estimate of drug-likeness (QED) is 0.628. The number of β-amino-alcohol motifs (C(OH)–C–C–N with tert-alkyl or cyclic N) is 1. The molecule has 0 saturated carbocycles. The monoisotopic (exact) mass is 231 g/mol. The molecule has 96 valence electrons. The molecule has 1 aliphatic rings. The van der Waals surface area contributed by atoms with Gasteiger partial charge in [0.25, 0.3) is 0 Å². The third kappa shape index (κ3) is 4.37. The molecule has 0 aromatic rings. The molecule has 16 heavy (non-hydrogen) atoms. The van der Waals surface area contributed by atoms with Gasteiger partial charge < -0.3 is 20.3 Å². The van der Waals surface area contributed by atoms with Crippen molar-refractivity contribution in [1.29, 1.82) is 0 Å². The lowest BCUT2D eigenvalue weighted by molar-refractivity contribution is -0.0177. The first-order chi connectivity index (χ1) is 7.37. The van der Waals surface area contributed by atoms with Crippen molar-refractivity contribution >= 4 is 0 Å². The number of aliphatic hydroxyl groups excluding tert-OH is 1. The smallest absolute Gasteiger partial charge is 0.0927 e. The summed E-state index contributed by atoms with van der Waals surface area (Å²) in [7, 11) is 0. The van der Waals surface area contributed by atoms with Crippen LogP contribution >= 0.6 is 0 Å². The maximum Gasteiger partial charge on any atom is 0.0927 e. The molecule has 1 rings (SSSR count). The van der Waals surface area contributed by atoms with Crippen LogP contribution in [0.4, 0.5) is 0 Å². The first kappa shape index (κ1) is 13.9. The van der Waals surface area contributed by atoms with Gasteiger partial charge in [-0.25, -0.2) is 0 Å². The van der Waals surface area contributed by atoms with Gasteiger partial charge in [-0.2, -0.15) is 0 Å². The SMILES string of the molecule is CCC(C)(C)NCC(O)CC1(O)CCOC1. The number of nitrogens with one attached hydrogen (secondary N) is 1. The molecule has 0 aromatic carbocycles. The Kier molecular flexibility index (Phi) is 4.73. The highest BCUT2D eigenvalue weighted by Crippen LogP contribution is 2.23. The average Bonchev–Trinajstić information content (AvgIpc) is 2.62. The largest absolute Gasteiger partial charge is 0.392 e. The van der Waals surface area contributed by atoms with Gasteiger partial charge >= 0.3 is 0 Å². The van der Waals surface area contributed by atoms with Crippen molar-refractivity contribution in [2.75, 3.05) is 19.8 Å². The minimum absolute atomic E-state index is 0.0375. The van der Waals surface area contributed by atoms with Gasteiger partial charge in [-0.3, -0.25) is 0 Å². The minimum atomic E-state index is -0.822. The van der Waals surface area contributed by atoms with E-state index in [1.165, 1.54) is 0 Å². The van der Waals surface area contributed by atoms with Crippen molar-refractivity contribution in [2.45, 2.75) is 57.3 Å². The molecule has 2 unspecified atom stereocenters. The molecule has 0 amide bonds. The van der Waals surface area contributed by atoms with Crippen molar-refractivity contribution in [3.63, 3.8) is 0 Å². The molecule has 0 aliphatic carbocycles. The third-order valence-corrected chi connectivity index (χ3v) is 3.40. The van der Waals surface area contributed by atoms with Crippen LogP contribution in [0.15, 0.2) is 0 Å². The maximum absolute atomic E-state index is 10.0. The summed E-state index contributed by atoms with van der Waals surface area (Å²) >= 11 is 0. The fourth-order valence-corrected chi connectivity index (χ4v) is 1.79. The molecule has 1 saturated heterocycles. The van der Waals surface area contributed by atoms with E-state index in [9.17, 15) is 10.2 Å². The Balaban J connectivity index is 2.27. The van der Waals surface area contributed by atoms with E-state index in [0.717, 1.165) is 6.42 Å². The standard InChI is InChI=1S/C12H25NO3/c1-4-11(2,3)13-8-10(14)7-12(15)5-6-16-9-12/h10,13-15H,4-9H2,1-3H3. The molecule has 4 heteroatoms. The lowest BCUT2D eigenvalue weighted by Crippen LogP contribution is -2.45.